The number of nitrogens with one attached hydrogen (secondary N) is 1. The Hall–Kier alpha value is -5.08. The van der Waals surface area contributed by atoms with E-state index in [-0.39, 0.29) is 59.1 Å². The topological polar surface area (TPSA) is 122 Å². The second-order valence-corrected chi connectivity index (χ2v) is 13.9. The van der Waals surface area contributed by atoms with E-state index in [0.29, 0.717) is 17.7 Å². The number of amides is 1. The Kier molecular flexibility index (Phi) is 8.59. The molecule has 1 unspecified atom stereocenters. The summed E-state index contributed by atoms with van der Waals surface area (Å²) in [6.45, 7) is 11.2. The summed E-state index contributed by atoms with van der Waals surface area (Å²) in [5.41, 5.74) is -4.70. The van der Waals surface area contributed by atoms with Crippen LogP contribution in [0.2, 0.25) is 0 Å². The van der Waals surface area contributed by atoms with E-state index in [4.69, 9.17) is 4.74 Å². The average molecular weight is 699 g/mol. The Morgan fingerprint density at radius 3 is 2.40 bits per heavy atom. The van der Waals surface area contributed by atoms with E-state index >= 15 is 17.6 Å². The number of carbonyl (C=O) groups is 1. The average Bonchev–Trinajstić information content (AvgIpc) is 3.21. The molecule has 1 amide bonds. The van der Waals surface area contributed by atoms with E-state index in [9.17, 15) is 19.5 Å². The highest BCUT2D eigenvalue weighted by molar-refractivity contribution is 6.00. The molecule has 1 saturated heterocycles. The van der Waals surface area contributed by atoms with Gasteiger partial charge in [0.15, 0.2) is 5.82 Å². The number of aromatic hydroxyl groups is 1. The number of piperazine rings is 1. The van der Waals surface area contributed by atoms with Crippen LogP contribution in [0.4, 0.5) is 33.7 Å². The van der Waals surface area contributed by atoms with Crippen molar-refractivity contribution in [2.24, 2.45) is 0 Å². The zero-order chi connectivity index (χ0) is 36.4. The first-order valence-electron chi connectivity index (χ1n) is 16.3. The summed E-state index contributed by atoms with van der Waals surface area (Å²) in [5, 5.41) is 13.6. The maximum Gasteiger partial charge on any atom is 0.431 e. The summed E-state index contributed by atoms with van der Waals surface area (Å²) in [6, 6.07) is 4.77. The highest BCUT2D eigenvalue weighted by Gasteiger charge is 2.41. The van der Waals surface area contributed by atoms with Crippen molar-refractivity contribution in [1.82, 2.24) is 19.0 Å². The Morgan fingerprint density at radius 2 is 1.76 bits per heavy atom. The molecule has 0 spiro atoms. The number of hydrogen-bond donors (Lipinski definition) is 2. The number of para-hydroxylation sites is 1. The molecule has 2 aliphatic rings. The first-order valence-corrected chi connectivity index (χ1v) is 16.3. The molecule has 266 valence electrons. The van der Waals surface area contributed by atoms with Crippen LogP contribution < -0.4 is 21.3 Å². The van der Waals surface area contributed by atoms with Crippen LogP contribution in [0, 0.1) is 12.7 Å². The molecule has 50 heavy (non-hydrogen) atoms. The van der Waals surface area contributed by atoms with E-state index in [0.717, 1.165) is 28.8 Å². The lowest BCUT2D eigenvalue weighted by Crippen LogP contribution is -2.55. The molecule has 5 heterocycles. The lowest BCUT2D eigenvalue weighted by atomic mass is 10.0. The molecule has 2 N–H and O–H groups in total. The number of nitrogens with zero attached hydrogens (tertiary/aromatic N) is 5. The molecule has 11 nitrogen and oxygen atoms in total. The summed E-state index contributed by atoms with van der Waals surface area (Å²) in [6.07, 6.45) is -3.83. The smallest absolute Gasteiger partial charge is 0.431 e. The maximum absolute atomic E-state index is 15.3. The zero-order valence-corrected chi connectivity index (χ0v) is 28.5. The summed E-state index contributed by atoms with van der Waals surface area (Å²) in [5.74, 6) is -2.46. The number of hydrogen-bond acceptors (Lipinski definition) is 8. The van der Waals surface area contributed by atoms with Gasteiger partial charge in [-0.2, -0.15) is 13.2 Å². The van der Waals surface area contributed by atoms with Gasteiger partial charge in [-0.25, -0.2) is 9.18 Å². The van der Waals surface area contributed by atoms with Crippen LogP contribution in [-0.2, 0) is 10.9 Å². The van der Waals surface area contributed by atoms with Crippen molar-refractivity contribution >= 4 is 28.4 Å². The quantitative estimate of drug-likeness (QED) is 0.247. The number of halogens is 4. The van der Waals surface area contributed by atoms with E-state index in [1.165, 1.54) is 11.1 Å². The predicted octanol–water partition coefficient (Wildman–Crippen LogP) is 6.07. The van der Waals surface area contributed by atoms with Gasteiger partial charge in [-0.1, -0.05) is 19.9 Å². The molecule has 2 aliphatic heterocycles. The third-order valence-electron chi connectivity index (χ3n) is 8.92. The molecule has 0 bridgehead atoms. The van der Waals surface area contributed by atoms with E-state index < -0.39 is 63.5 Å². The van der Waals surface area contributed by atoms with Crippen molar-refractivity contribution in [2.75, 3.05) is 36.4 Å². The Morgan fingerprint density at radius 1 is 1.04 bits per heavy atom. The van der Waals surface area contributed by atoms with E-state index in [1.807, 2.05) is 13.8 Å². The predicted molar refractivity (Wildman–Crippen MR) is 180 cm³/mol. The van der Waals surface area contributed by atoms with Crippen LogP contribution in [0.1, 0.15) is 63.9 Å². The minimum atomic E-state index is -5.21. The van der Waals surface area contributed by atoms with E-state index in [2.05, 4.69) is 10.3 Å². The molecule has 0 saturated carbocycles. The molecular weight excluding hydrogens is 660 g/mol. The summed E-state index contributed by atoms with van der Waals surface area (Å²) >= 11 is 0. The van der Waals surface area contributed by atoms with Crippen LogP contribution in [-0.4, -0.2) is 68.0 Å². The molecule has 15 heteroatoms. The number of fused-ring (bicyclic) bond motifs is 5. The normalized spacial score (nSPS) is 16.6. The largest absolute Gasteiger partial charge is 0.506 e. The number of aromatic nitrogens is 3. The van der Waals surface area contributed by atoms with Gasteiger partial charge in [-0.05, 0) is 69.9 Å². The van der Waals surface area contributed by atoms with Gasteiger partial charge in [0.2, 0.25) is 0 Å². The summed E-state index contributed by atoms with van der Waals surface area (Å²) in [4.78, 5) is 50.3. The molecule has 6 rings (SSSR count). The third-order valence-corrected chi connectivity index (χ3v) is 8.92. The number of ether oxygens (including phenoxy) is 1. The Bertz CT molecular complexity index is 2120. The number of pyridine rings is 3. The van der Waals surface area contributed by atoms with Crippen LogP contribution in [0.3, 0.4) is 0 Å². The second-order valence-electron chi connectivity index (χ2n) is 13.9. The molecule has 4 aromatic rings. The van der Waals surface area contributed by atoms with Gasteiger partial charge < -0.3 is 25.0 Å². The fourth-order valence-corrected chi connectivity index (χ4v) is 6.81. The van der Waals surface area contributed by atoms with Gasteiger partial charge in [0, 0.05) is 43.8 Å². The Balaban J connectivity index is 1.74. The number of rotatable bonds is 3. The van der Waals surface area contributed by atoms with Crippen molar-refractivity contribution in [3.05, 3.63) is 80.0 Å². The maximum atomic E-state index is 15.3. The van der Waals surface area contributed by atoms with Crippen LogP contribution in [0.5, 0.6) is 5.75 Å². The minimum Gasteiger partial charge on any atom is -0.506 e. The first kappa shape index (κ1) is 34.8. The number of carbonyl (C=O) groups excluding carboxylic acids is 1. The highest BCUT2D eigenvalue weighted by Crippen LogP contribution is 2.42. The lowest BCUT2D eigenvalue weighted by Gasteiger charge is -2.42. The number of phenols is 1. The number of benzene rings is 1. The monoisotopic (exact) mass is 698 g/mol. The van der Waals surface area contributed by atoms with Crippen molar-refractivity contribution < 1.29 is 32.2 Å². The summed E-state index contributed by atoms with van der Waals surface area (Å²) in [7, 11) is 0. The first-order chi connectivity index (χ1) is 23.4. The standard InChI is InChI=1S/C35H38F4N6O5/c1-18(2)25-27(19(3)10-12-40-25)45-29-21(16-24(35(37,38)39)44(32(29)48)30-22(36)8-7-9-23(30)46)28-26(31(45)47)41-13-11-20-17-42(14-15-43(20)28)33(49)50-34(4,5)6/h7-10,12,16,18,20,41,46H,11,13-15,17H2,1-6H3. The minimum absolute atomic E-state index is 0.0253. The number of alkyl halides is 3. The van der Waals surface area contributed by atoms with Crippen molar-refractivity contribution in [3.63, 3.8) is 0 Å². The fourth-order valence-electron chi connectivity index (χ4n) is 6.81. The number of phenolic OH excluding ortho intramolecular Hbond substituents is 1. The molecule has 3 aromatic heterocycles. The van der Waals surface area contributed by atoms with Gasteiger partial charge in [0.05, 0.1) is 17.1 Å². The molecule has 1 atom stereocenters. The van der Waals surface area contributed by atoms with Crippen molar-refractivity contribution in [3.8, 4) is 17.1 Å². The lowest BCUT2D eigenvalue weighted by molar-refractivity contribution is -0.142. The van der Waals surface area contributed by atoms with Crippen LogP contribution >= 0.6 is 0 Å². The van der Waals surface area contributed by atoms with Gasteiger partial charge >= 0.3 is 12.3 Å². The number of anilines is 2. The van der Waals surface area contributed by atoms with Gasteiger partial charge in [-0.15, -0.1) is 0 Å². The van der Waals surface area contributed by atoms with Gasteiger partial charge in [0.1, 0.15) is 33.9 Å². The summed E-state index contributed by atoms with van der Waals surface area (Å²) < 4.78 is 67.2. The molecule has 1 aromatic carbocycles. The molecule has 0 aliphatic carbocycles. The molecular formula is C35H38F4N6O5. The third kappa shape index (κ3) is 5.92. The van der Waals surface area contributed by atoms with E-state index in [1.54, 1.807) is 38.7 Å². The molecule has 0 radical (unpaired) electrons. The second kappa shape index (κ2) is 12.4. The fraction of sp³-hybridized carbons (Fsp3) is 0.429. The molecule has 1 fully saturated rings. The van der Waals surface area contributed by atoms with Gasteiger partial charge in [-0.3, -0.25) is 23.7 Å². The van der Waals surface area contributed by atoms with Gasteiger partial charge in [0.25, 0.3) is 11.1 Å². The van der Waals surface area contributed by atoms with Crippen LogP contribution in [0.25, 0.3) is 22.3 Å². The Labute approximate surface area is 284 Å². The van der Waals surface area contributed by atoms with Crippen LogP contribution in [0.15, 0.2) is 46.1 Å². The highest BCUT2D eigenvalue weighted by atomic mass is 19.4. The van der Waals surface area contributed by atoms with Crippen molar-refractivity contribution in [2.45, 2.75) is 71.7 Å². The number of aryl methyl sites for hydroxylation is 1. The SMILES string of the molecule is Cc1ccnc(C(C)C)c1-n1c(=O)c2c(c3cc(C(F)(F)F)n(-c4c(O)cccc4F)c(=O)c31)N1CCN(C(=O)OC(C)(C)C)CC1CCN2. The zero-order valence-electron chi connectivity index (χ0n) is 28.5. The van der Waals surface area contributed by atoms with Crippen molar-refractivity contribution in [1.29, 1.82) is 0 Å².